The summed E-state index contributed by atoms with van der Waals surface area (Å²) < 4.78 is 13.8. The van der Waals surface area contributed by atoms with Gasteiger partial charge in [-0.05, 0) is 42.5 Å². The van der Waals surface area contributed by atoms with Crippen molar-refractivity contribution in [3.63, 3.8) is 0 Å². The molecule has 1 aromatic heterocycles. The van der Waals surface area contributed by atoms with Gasteiger partial charge in [-0.15, -0.1) is 0 Å². The number of amides is 1. The van der Waals surface area contributed by atoms with Crippen LogP contribution < -0.4 is 5.32 Å². The molecule has 3 aromatic carbocycles. The number of carbonyl (C=O) groups excluding carboxylic acids is 1. The molecule has 0 spiro atoms. The summed E-state index contributed by atoms with van der Waals surface area (Å²) in [5, 5.41) is 4.50. The van der Waals surface area contributed by atoms with Crippen LogP contribution >= 0.6 is 23.4 Å². The van der Waals surface area contributed by atoms with Crippen LogP contribution in [0.3, 0.4) is 0 Å². The van der Waals surface area contributed by atoms with Crippen LogP contribution in [0.25, 0.3) is 22.3 Å². The van der Waals surface area contributed by atoms with E-state index in [2.05, 4.69) is 15.3 Å². The number of thioether (sulfide) groups is 1. The molecule has 4 rings (SSSR count). The maximum atomic E-state index is 13.8. The molecule has 29 heavy (non-hydrogen) atoms. The summed E-state index contributed by atoms with van der Waals surface area (Å²) in [5.41, 5.74) is 2.07. The normalized spacial score (nSPS) is 10.8. The molecule has 0 saturated carbocycles. The summed E-state index contributed by atoms with van der Waals surface area (Å²) >= 11 is 7.33. The predicted molar refractivity (Wildman–Crippen MR) is 116 cm³/mol. The first-order chi connectivity index (χ1) is 14.1. The van der Waals surface area contributed by atoms with Gasteiger partial charge >= 0.3 is 0 Å². The standard InChI is InChI=1S/C22H15ClFN3OS/c23-15-6-4-5-14(11-15)21-26-19-10-9-16(24)12-18(19)22(27-21)29-13-20(28)25-17-7-2-1-3-8-17/h1-12H,13H2,(H,25,28). The third-order valence-corrected chi connectivity index (χ3v) is 5.33. The first-order valence-corrected chi connectivity index (χ1v) is 10.2. The lowest BCUT2D eigenvalue weighted by atomic mass is 10.2. The average molecular weight is 424 g/mol. The van der Waals surface area contributed by atoms with E-state index in [1.807, 2.05) is 42.5 Å². The third-order valence-electron chi connectivity index (χ3n) is 4.10. The first-order valence-electron chi connectivity index (χ1n) is 8.79. The fourth-order valence-electron chi connectivity index (χ4n) is 2.79. The van der Waals surface area contributed by atoms with Gasteiger partial charge in [-0.1, -0.05) is 53.7 Å². The van der Waals surface area contributed by atoms with Crippen LogP contribution in [0.1, 0.15) is 0 Å². The number of hydrogen-bond acceptors (Lipinski definition) is 4. The highest BCUT2D eigenvalue weighted by Crippen LogP contribution is 2.30. The second-order valence-corrected chi connectivity index (χ2v) is 7.63. The van der Waals surface area contributed by atoms with Crippen molar-refractivity contribution in [2.45, 2.75) is 5.03 Å². The summed E-state index contributed by atoms with van der Waals surface area (Å²) in [4.78, 5) is 21.4. The van der Waals surface area contributed by atoms with E-state index in [1.54, 1.807) is 18.2 Å². The number of para-hydroxylation sites is 1. The summed E-state index contributed by atoms with van der Waals surface area (Å²) in [6.45, 7) is 0. The lowest BCUT2D eigenvalue weighted by Crippen LogP contribution is -2.14. The number of carbonyl (C=O) groups is 1. The maximum absolute atomic E-state index is 13.8. The van der Waals surface area contributed by atoms with Gasteiger partial charge in [-0.2, -0.15) is 0 Å². The Kier molecular flexibility index (Phi) is 5.74. The molecule has 4 nitrogen and oxygen atoms in total. The number of rotatable bonds is 5. The van der Waals surface area contributed by atoms with Gasteiger partial charge in [0.1, 0.15) is 10.8 Å². The molecule has 0 saturated heterocycles. The zero-order valence-electron chi connectivity index (χ0n) is 15.1. The summed E-state index contributed by atoms with van der Waals surface area (Å²) in [6.07, 6.45) is 0. The van der Waals surface area contributed by atoms with Gasteiger partial charge in [-0.25, -0.2) is 14.4 Å². The zero-order chi connectivity index (χ0) is 20.2. The molecule has 1 amide bonds. The number of anilines is 1. The minimum absolute atomic E-state index is 0.131. The Bertz CT molecular complexity index is 1190. The van der Waals surface area contributed by atoms with Gasteiger partial charge in [0.25, 0.3) is 0 Å². The molecule has 4 aromatic rings. The van der Waals surface area contributed by atoms with Crippen LogP contribution in [-0.2, 0) is 4.79 Å². The molecule has 0 unspecified atom stereocenters. The largest absolute Gasteiger partial charge is 0.325 e. The van der Waals surface area contributed by atoms with Gasteiger partial charge in [0.15, 0.2) is 5.82 Å². The number of benzene rings is 3. The molecule has 0 atom stereocenters. The molecule has 144 valence electrons. The van der Waals surface area contributed by atoms with Gasteiger partial charge in [0, 0.05) is 21.7 Å². The molecule has 1 N–H and O–H groups in total. The van der Waals surface area contributed by atoms with Crippen molar-refractivity contribution < 1.29 is 9.18 Å². The number of halogens is 2. The van der Waals surface area contributed by atoms with Gasteiger partial charge < -0.3 is 5.32 Å². The number of aromatic nitrogens is 2. The third kappa shape index (κ3) is 4.72. The molecule has 0 fully saturated rings. The Morgan fingerprint density at radius 2 is 1.83 bits per heavy atom. The maximum Gasteiger partial charge on any atom is 0.234 e. The van der Waals surface area contributed by atoms with Gasteiger partial charge in [-0.3, -0.25) is 4.79 Å². The summed E-state index contributed by atoms with van der Waals surface area (Å²) in [5.74, 6) is 0.0467. The quantitative estimate of drug-likeness (QED) is 0.324. The van der Waals surface area contributed by atoms with E-state index in [-0.39, 0.29) is 17.5 Å². The van der Waals surface area contributed by atoms with Crippen molar-refractivity contribution in [3.8, 4) is 11.4 Å². The monoisotopic (exact) mass is 423 g/mol. The SMILES string of the molecule is O=C(CSc1nc(-c2cccc(Cl)c2)nc2ccc(F)cc12)Nc1ccccc1. The van der Waals surface area contributed by atoms with Crippen LogP contribution in [0.15, 0.2) is 77.8 Å². The van der Waals surface area contributed by atoms with Crippen molar-refractivity contribution in [2.24, 2.45) is 0 Å². The number of fused-ring (bicyclic) bond motifs is 1. The smallest absolute Gasteiger partial charge is 0.234 e. The molecule has 0 aliphatic heterocycles. The van der Waals surface area contributed by atoms with E-state index >= 15 is 0 Å². The van der Waals surface area contributed by atoms with E-state index in [1.165, 1.54) is 23.9 Å². The molecule has 0 aliphatic carbocycles. The fourth-order valence-corrected chi connectivity index (χ4v) is 3.79. The van der Waals surface area contributed by atoms with Gasteiger partial charge in [0.05, 0.1) is 11.3 Å². The zero-order valence-corrected chi connectivity index (χ0v) is 16.7. The summed E-state index contributed by atoms with van der Waals surface area (Å²) in [6, 6.07) is 20.8. The molecule has 7 heteroatoms. The lowest BCUT2D eigenvalue weighted by Gasteiger charge is -2.09. The van der Waals surface area contributed by atoms with Crippen molar-refractivity contribution in [3.05, 3.63) is 83.6 Å². The number of nitrogens with zero attached hydrogens (tertiary/aromatic N) is 2. The minimum atomic E-state index is -0.382. The second kappa shape index (κ2) is 8.59. The molecular weight excluding hydrogens is 409 g/mol. The van der Waals surface area contributed by atoms with Crippen LogP contribution in [-0.4, -0.2) is 21.6 Å². The fraction of sp³-hybridized carbons (Fsp3) is 0.0455. The average Bonchev–Trinajstić information content (AvgIpc) is 2.72. The Labute approximate surface area is 176 Å². The van der Waals surface area contributed by atoms with Crippen LogP contribution in [0.2, 0.25) is 5.02 Å². The topological polar surface area (TPSA) is 54.9 Å². The van der Waals surface area contributed by atoms with E-state index in [0.29, 0.717) is 26.8 Å². The highest BCUT2D eigenvalue weighted by Gasteiger charge is 2.13. The summed E-state index contributed by atoms with van der Waals surface area (Å²) in [7, 11) is 0. The lowest BCUT2D eigenvalue weighted by molar-refractivity contribution is -0.113. The predicted octanol–water partition coefficient (Wildman–Crippen LogP) is 5.82. The highest BCUT2D eigenvalue weighted by atomic mass is 35.5. The molecule has 0 radical (unpaired) electrons. The van der Waals surface area contributed by atoms with Crippen LogP contribution in [0, 0.1) is 5.82 Å². The molecule has 0 aliphatic rings. The molecule has 1 heterocycles. The van der Waals surface area contributed by atoms with Crippen molar-refractivity contribution in [1.82, 2.24) is 9.97 Å². The van der Waals surface area contributed by atoms with E-state index in [9.17, 15) is 9.18 Å². The minimum Gasteiger partial charge on any atom is -0.325 e. The molecule has 0 bridgehead atoms. The Morgan fingerprint density at radius 3 is 2.62 bits per heavy atom. The van der Waals surface area contributed by atoms with Crippen LogP contribution in [0.4, 0.5) is 10.1 Å². The second-order valence-electron chi connectivity index (χ2n) is 6.23. The first kappa shape index (κ1) is 19.4. The Hall–Kier alpha value is -2.96. The van der Waals surface area contributed by atoms with Crippen LogP contribution in [0.5, 0.6) is 0 Å². The van der Waals surface area contributed by atoms with Crippen molar-refractivity contribution in [2.75, 3.05) is 11.1 Å². The highest BCUT2D eigenvalue weighted by molar-refractivity contribution is 8.00. The van der Waals surface area contributed by atoms with Crippen molar-refractivity contribution >= 4 is 45.9 Å². The number of nitrogens with one attached hydrogen (secondary N) is 1. The van der Waals surface area contributed by atoms with E-state index in [4.69, 9.17) is 11.6 Å². The Balaban J connectivity index is 1.64. The van der Waals surface area contributed by atoms with Crippen molar-refractivity contribution in [1.29, 1.82) is 0 Å². The van der Waals surface area contributed by atoms with E-state index in [0.717, 1.165) is 11.3 Å². The Morgan fingerprint density at radius 1 is 1.00 bits per heavy atom. The van der Waals surface area contributed by atoms with Gasteiger partial charge in [0.2, 0.25) is 5.91 Å². The molecular formula is C22H15ClFN3OS. The van der Waals surface area contributed by atoms with E-state index < -0.39 is 0 Å². The number of hydrogen-bond donors (Lipinski definition) is 1.